The Kier molecular flexibility index (Phi) is 56.2. The molecule has 3 atom stereocenters. The molecule has 0 bridgehead atoms. The van der Waals surface area contributed by atoms with Crippen molar-refractivity contribution >= 4 is 19.7 Å². The van der Waals surface area contributed by atoms with Crippen molar-refractivity contribution in [1.82, 2.24) is 5.32 Å². The van der Waals surface area contributed by atoms with Gasteiger partial charge in [-0.15, -0.1) is 0 Å². The first-order chi connectivity index (χ1) is 37.9. The minimum atomic E-state index is -4.70. The van der Waals surface area contributed by atoms with Crippen molar-refractivity contribution in [3.05, 3.63) is 60.8 Å². The molecule has 0 heterocycles. The van der Waals surface area contributed by atoms with E-state index in [9.17, 15) is 19.0 Å². The second kappa shape index (κ2) is 57.9. The number of nitrogens with zero attached hydrogens (tertiary/aromatic N) is 1. The molecule has 1 N–H and O–H groups in total. The standard InChI is InChI=1S/C68H127N2O7P/c1-7-10-13-16-19-22-25-27-29-31-32-33-34-35-36-37-38-39-41-43-46-49-52-55-58-61-68(72)77-66(59-56-53-50-47-44-24-21-18-15-12-9-3)65(64-76-78(73,74)75-63-62-70(4,5)6)69-67(71)60-57-54-51-48-45-42-40-30-28-26-23-20-17-14-11-8-2/h19,22,27,29,32-33,35-36,56,59,65-66H,7-18,20-21,23-26,28,30-31,34,37-55,57-58,60-64H2,1-6H3,(H-,69,71,73,74)/b22-19-,29-27-,33-32-,36-35-,59-56+. The first-order valence-electron chi connectivity index (χ1n) is 33.1. The minimum absolute atomic E-state index is 0.0229. The van der Waals surface area contributed by atoms with E-state index in [1.807, 2.05) is 33.3 Å². The molecule has 0 aromatic heterocycles. The third kappa shape index (κ3) is 58.4. The lowest BCUT2D eigenvalue weighted by Gasteiger charge is -2.30. The minimum Gasteiger partial charge on any atom is -0.756 e. The van der Waals surface area contributed by atoms with Crippen LogP contribution in [-0.4, -0.2) is 69.4 Å². The van der Waals surface area contributed by atoms with Gasteiger partial charge in [-0.2, -0.15) is 0 Å². The Labute approximate surface area is 483 Å². The molecule has 0 saturated carbocycles. The normalized spacial score (nSPS) is 14.0. The van der Waals surface area contributed by atoms with Gasteiger partial charge in [0.05, 0.1) is 33.8 Å². The maximum Gasteiger partial charge on any atom is 0.306 e. The number of nitrogens with one attached hydrogen (secondary N) is 1. The van der Waals surface area contributed by atoms with Crippen LogP contribution >= 0.6 is 7.82 Å². The highest BCUT2D eigenvalue weighted by Gasteiger charge is 2.27. The summed E-state index contributed by atoms with van der Waals surface area (Å²) in [6.07, 6.45) is 73.3. The number of rotatable bonds is 60. The van der Waals surface area contributed by atoms with E-state index in [0.717, 1.165) is 89.9 Å². The van der Waals surface area contributed by atoms with Crippen molar-refractivity contribution in [2.24, 2.45) is 0 Å². The molecule has 78 heavy (non-hydrogen) atoms. The summed E-state index contributed by atoms with van der Waals surface area (Å²) < 4.78 is 30.3. The van der Waals surface area contributed by atoms with Gasteiger partial charge in [0.15, 0.2) is 0 Å². The Morgan fingerprint density at radius 3 is 1.19 bits per heavy atom. The summed E-state index contributed by atoms with van der Waals surface area (Å²) in [6, 6.07) is -0.889. The second-order valence-electron chi connectivity index (χ2n) is 23.6. The van der Waals surface area contributed by atoms with E-state index in [-0.39, 0.29) is 31.5 Å². The molecule has 0 aromatic carbocycles. The predicted molar refractivity (Wildman–Crippen MR) is 335 cm³/mol. The van der Waals surface area contributed by atoms with Crippen molar-refractivity contribution < 1.29 is 37.3 Å². The lowest BCUT2D eigenvalue weighted by molar-refractivity contribution is -0.870. The van der Waals surface area contributed by atoms with Crippen LogP contribution in [0.1, 0.15) is 310 Å². The van der Waals surface area contributed by atoms with Crippen LogP contribution in [-0.2, 0) is 27.9 Å². The fourth-order valence-electron chi connectivity index (χ4n) is 9.57. The van der Waals surface area contributed by atoms with E-state index in [1.54, 1.807) is 0 Å². The maximum atomic E-state index is 13.5. The second-order valence-corrected chi connectivity index (χ2v) is 25.0. The predicted octanol–water partition coefficient (Wildman–Crippen LogP) is 20.0. The smallest absolute Gasteiger partial charge is 0.306 e. The Morgan fingerprint density at radius 1 is 0.449 bits per heavy atom. The van der Waals surface area contributed by atoms with Gasteiger partial charge in [0.25, 0.3) is 7.82 Å². The largest absolute Gasteiger partial charge is 0.756 e. The summed E-state index contributed by atoms with van der Waals surface area (Å²) in [6.45, 7) is 6.83. The number of amides is 1. The van der Waals surface area contributed by atoms with E-state index >= 15 is 0 Å². The van der Waals surface area contributed by atoms with Crippen LogP contribution in [0, 0.1) is 0 Å². The average Bonchev–Trinajstić information content (AvgIpc) is 3.41. The van der Waals surface area contributed by atoms with Gasteiger partial charge in [0.2, 0.25) is 5.91 Å². The van der Waals surface area contributed by atoms with Gasteiger partial charge in [0, 0.05) is 12.8 Å². The number of carbonyl (C=O) groups excluding carboxylic acids is 2. The van der Waals surface area contributed by atoms with Crippen LogP contribution in [0.4, 0.5) is 0 Å². The molecule has 1 amide bonds. The summed E-state index contributed by atoms with van der Waals surface area (Å²) in [4.78, 5) is 40.0. The third-order valence-electron chi connectivity index (χ3n) is 14.7. The SMILES string of the molecule is CCCCC/C=C\C/C=C\C/C=C\C/C=C\CCCCCCCCCCCC(=O)OC(/C=C/CCCCCCCCCCC)C(COP(=O)([O-])OCC[N+](C)(C)C)NC(=O)CCCCCCCCCCCCCCCCCC. The number of unbranched alkanes of at least 4 members (excludes halogenated alkanes) is 36. The molecule has 0 aliphatic heterocycles. The molecule has 0 aromatic rings. The fourth-order valence-corrected chi connectivity index (χ4v) is 10.3. The third-order valence-corrected chi connectivity index (χ3v) is 15.7. The first kappa shape index (κ1) is 75.7. The molecule has 456 valence electrons. The van der Waals surface area contributed by atoms with E-state index in [0.29, 0.717) is 17.4 Å². The van der Waals surface area contributed by atoms with Crippen molar-refractivity contribution in [1.29, 1.82) is 0 Å². The molecule has 0 aliphatic rings. The van der Waals surface area contributed by atoms with Crippen LogP contribution in [0.25, 0.3) is 0 Å². The quantitative estimate of drug-likeness (QED) is 0.0212. The molecule has 0 spiro atoms. The summed E-state index contributed by atoms with van der Waals surface area (Å²) in [7, 11) is 1.19. The van der Waals surface area contributed by atoms with Crippen molar-refractivity contribution in [2.45, 2.75) is 322 Å². The van der Waals surface area contributed by atoms with Gasteiger partial charge in [-0.05, 0) is 76.7 Å². The molecule has 9 nitrogen and oxygen atoms in total. The highest BCUT2D eigenvalue weighted by Crippen LogP contribution is 2.38. The zero-order valence-corrected chi connectivity index (χ0v) is 53.0. The molecule has 10 heteroatoms. The number of quaternary nitrogens is 1. The van der Waals surface area contributed by atoms with Gasteiger partial charge in [-0.25, -0.2) is 0 Å². The topological polar surface area (TPSA) is 114 Å². The number of phosphoric ester groups is 1. The molecular weight excluding hydrogens is 988 g/mol. The first-order valence-corrected chi connectivity index (χ1v) is 34.6. The summed E-state index contributed by atoms with van der Waals surface area (Å²) in [5.41, 5.74) is 0. The number of allylic oxidation sites excluding steroid dienone is 9. The number of carbonyl (C=O) groups is 2. The number of esters is 1. The lowest BCUT2D eigenvalue weighted by Crippen LogP contribution is -2.47. The number of hydrogen-bond acceptors (Lipinski definition) is 7. The Hall–Kier alpha value is -2.29. The Balaban J connectivity index is 5.09. The van der Waals surface area contributed by atoms with Gasteiger partial charge < -0.3 is 28.5 Å². The highest BCUT2D eigenvalue weighted by atomic mass is 31.2. The summed E-state index contributed by atoms with van der Waals surface area (Å²) in [5, 5.41) is 3.03. The zero-order chi connectivity index (χ0) is 57.2. The molecule has 3 unspecified atom stereocenters. The van der Waals surface area contributed by atoms with Crippen LogP contribution in [0.15, 0.2) is 60.8 Å². The highest BCUT2D eigenvalue weighted by molar-refractivity contribution is 7.45. The van der Waals surface area contributed by atoms with Crippen molar-refractivity contribution in [3.8, 4) is 0 Å². The van der Waals surface area contributed by atoms with Gasteiger partial charge in [0.1, 0.15) is 19.3 Å². The van der Waals surface area contributed by atoms with E-state index in [4.69, 9.17) is 13.8 Å². The van der Waals surface area contributed by atoms with Crippen molar-refractivity contribution in [3.63, 3.8) is 0 Å². The van der Waals surface area contributed by atoms with Gasteiger partial charge >= 0.3 is 5.97 Å². The van der Waals surface area contributed by atoms with Crippen LogP contribution in [0.5, 0.6) is 0 Å². The summed E-state index contributed by atoms with van der Waals surface area (Å²) >= 11 is 0. The molecule has 0 radical (unpaired) electrons. The number of likely N-dealkylation sites (N-methyl/N-ethyl adjacent to an activating group) is 1. The van der Waals surface area contributed by atoms with Crippen LogP contribution < -0.4 is 10.2 Å². The zero-order valence-electron chi connectivity index (χ0n) is 52.1. The van der Waals surface area contributed by atoms with E-state index in [2.05, 4.69) is 74.7 Å². The van der Waals surface area contributed by atoms with Crippen LogP contribution in [0.3, 0.4) is 0 Å². The average molecular weight is 1120 g/mol. The number of phosphoric acid groups is 1. The number of hydrogen-bond donors (Lipinski definition) is 1. The lowest BCUT2D eigenvalue weighted by atomic mass is 10.0. The number of ether oxygens (including phenoxy) is 1. The van der Waals surface area contributed by atoms with Gasteiger partial charge in [-0.3, -0.25) is 14.2 Å². The Bertz CT molecular complexity index is 1520. The summed E-state index contributed by atoms with van der Waals surface area (Å²) in [5.74, 6) is -0.538. The monoisotopic (exact) mass is 1110 g/mol. The van der Waals surface area contributed by atoms with E-state index < -0.39 is 20.0 Å². The molecular formula is C68H127N2O7P. The fraction of sp³-hybridized carbons (Fsp3) is 0.824. The Morgan fingerprint density at radius 2 is 0.782 bits per heavy atom. The molecule has 0 rings (SSSR count). The molecule has 0 fully saturated rings. The van der Waals surface area contributed by atoms with E-state index in [1.165, 1.54) is 186 Å². The maximum absolute atomic E-state index is 13.5. The molecule has 0 aliphatic carbocycles. The molecule has 0 saturated heterocycles. The van der Waals surface area contributed by atoms with Crippen molar-refractivity contribution in [2.75, 3.05) is 40.9 Å². The van der Waals surface area contributed by atoms with Crippen LogP contribution in [0.2, 0.25) is 0 Å². The van der Waals surface area contributed by atoms with Gasteiger partial charge in [-0.1, -0.05) is 281 Å².